The van der Waals surface area contributed by atoms with Crippen molar-refractivity contribution in [3.05, 3.63) is 59.7 Å². The van der Waals surface area contributed by atoms with E-state index in [2.05, 4.69) is 5.32 Å². The molecule has 0 amide bonds. The van der Waals surface area contributed by atoms with Gasteiger partial charge in [0.1, 0.15) is 0 Å². The molecule has 2 aromatic rings. The molecule has 1 N–H and O–H groups in total. The van der Waals surface area contributed by atoms with E-state index in [-0.39, 0.29) is 11.7 Å². The van der Waals surface area contributed by atoms with E-state index in [0.717, 1.165) is 16.5 Å². The summed E-state index contributed by atoms with van der Waals surface area (Å²) in [6.07, 6.45) is -2.37. The van der Waals surface area contributed by atoms with Gasteiger partial charge in [0, 0.05) is 16.6 Å². The molecule has 0 spiro atoms. The van der Waals surface area contributed by atoms with Crippen LogP contribution in [-0.4, -0.2) is 6.26 Å². The minimum absolute atomic E-state index is 0.103. The maximum atomic E-state index is 13.0. The summed E-state index contributed by atoms with van der Waals surface area (Å²) in [5, 5.41) is 2.94. The summed E-state index contributed by atoms with van der Waals surface area (Å²) in [6.45, 7) is 1.85. The molecule has 112 valence electrons. The normalized spacial score (nSPS) is 13.0. The van der Waals surface area contributed by atoms with Crippen LogP contribution in [0.2, 0.25) is 0 Å². The van der Waals surface area contributed by atoms with Crippen molar-refractivity contribution in [1.29, 1.82) is 0 Å². The largest absolute Gasteiger partial charge is 0.418 e. The standard InChI is InChI=1S/C16H16F3NS/c1-11(12-7-9-13(21-2)10-8-12)20-15-6-4-3-5-14(15)16(17,18)19/h3-11,20H,1-2H3. The molecule has 0 saturated heterocycles. The fourth-order valence-electron chi connectivity index (χ4n) is 2.07. The summed E-state index contributed by atoms with van der Waals surface area (Å²) in [7, 11) is 0. The Bertz CT molecular complexity index is 593. The zero-order chi connectivity index (χ0) is 15.5. The average molecular weight is 311 g/mol. The van der Waals surface area contributed by atoms with Crippen LogP contribution in [-0.2, 0) is 6.18 Å². The molecule has 2 aromatic carbocycles. The molecule has 0 aliphatic rings. The second-order valence-corrected chi connectivity index (χ2v) is 5.56. The summed E-state index contributed by atoms with van der Waals surface area (Å²) in [4.78, 5) is 1.13. The van der Waals surface area contributed by atoms with E-state index in [1.165, 1.54) is 12.1 Å². The van der Waals surface area contributed by atoms with E-state index in [9.17, 15) is 13.2 Å². The van der Waals surface area contributed by atoms with Crippen LogP contribution < -0.4 is 5.32 Å². The minimum atomic E-state index is -4.36. The molecule has 1 nitrogen and oxygen atoms in total. The third kappa shape index (κ3) is 3.94. The van der Waals surface area contributed by atoms with Crippen molar-refractivity contribution in [3.63, 3.8) is 0 Å². The zero-order valence-corrected chi connectivity index (χ0v) is 12.6. The van der Waals surface area contributed by atoms with Gasteiger partial charge in [0.15, 0.2) is 0 Å². The molecular formula is C16H16F3NS. The molecule has 0 aromatic heterocycles. The lowest BCUT2D eigenvalue weighted by Crippen LogP contribution is -2.13. The highest BCUT2D eigenvalue weighted by Crippen LogP contribution is 2.36. The van der Waals surface area contributed by atoms with Crippen LogP contribution in [0.1, 0.15) is 24.1 Å². The first-order valence-corrected chi connectivity index (χ1v) is 7.71. The van der Waals surface area contributed by atoms with Gasteiger partial charge in [-0.05, 0) is 43.0 Å². The highest BCUT2D eigenvalue weighted by atomic mass is 32.2. The van der Waals surface area contributed by atoms with Crippen molar-refractivity contribution in [2.75, 3.05) is 11.6 Å². The van der Waals surface area contributed by atoms with Crippen LogP contribution >= 0.6 is 11.8 Å². The number of anilines is 1. The van der Waals surface area contributed by atoms with Gasteiger partial charge in [-0.3, -0.25) is 0 Å². The molecular weight excluding hydrogens is 295 g/mol. The minimum Gasteiger partial charge on any atom is -0.378 e. The SMILES string of the molecule is CSc1ccc(C(C)Nc2ccccc2C(F)(F)F)cc1. The molecule has 0 radical (unpaired) electrons. The Kier molecular flexibility index (Phi) is 4.83. The highest BCUT2D eigenvalue weighted by Gasteiger charge is 2.33. The van der Waals surface area contributed by atoms with Crippen LogP contribution in [0.15, 0.2) is 53.4 Å². The number of hydrogen-bond donors (Lipinski definition) is 1. The number of para-hydroxylation sites is 1. The lowest BCUT2D eigenvalue weighted by atomic mass is 10.1. The van der Waals surface area contributed by atoms with Crippen molar-refractivity contribution in [2.45, 2.75) is 24.0 Å². The molecule has 0 fully saturated rings. The Hall–Kier alpha value is -1.62. The molecule has 0 aliphatic carbocycles. The van der Waals surface area contributed by atoms with Gasteiger partial charge in [-0.15, -0.1) is 11.8 Å². The highest BCUT2D eigenvalue weighted by molar-refractivity contribution is 7.98. The predicted octanol–water partition coefficient (Wildman–Crippen LogP) is 5.60. The lowest BCUT2D eigenvalue weighted by Gasteiger charge is -2.19. The fraction of sp³-hybridized carbons (Fsp3) is 0.250. The Morgan fingerprint density at radius 1 is 1.00 bits per heavy atom. The molecule has 5 heteroatoms. The maximum Gasteiger partial charge on any atom is 0.418 e. The van der Waals surface area contributed by atoms with Gasteiger partial charge in [-0.2, -0.15) is 13.2 Å². The van der Waals surface area contributed by atoms with Crippen molar-refractivity contribution >= 4 is 17.4 Å². The molecule has 0 aliphatic heterocycles. The van der Waals surface area contributed by atoms with Crippen molar-refractivity contribution < 1.29 is 13.2 Å². The van der Waals surface area contributed by atoms with Crippen LogP contribution in [0.3, 0.4) is 0 Å². The van der Waals surface area contributed by atoms with E-state index >= 15 is 0 Å². The predicted molar refractivity (Wildman–Crippen MR) is 81.7 cm³/mol. The van der Waals surface area contributed by atoms with E-state index in [1.54, 1.807) is 17.8 Å². The van der Waals surface area contributed by atoms with E-state index in [4.69, 9.17) is 0 Å². The smallest absolute Gasteiger partial charge is 0.378 e. The van der Waals surface area contributed by atoms with Crippen molar-refractivity contribution in [3.8, 4) is 0 Å². The number of alkyl halides is 3. The van der Waals surface area contributed by atoms with Crippen LogP contribution in [0.4, 0.5) is 18.9 Å². The van der Waals surface area contributed by atoms with Crippen LogP contribution in [0, 0.1) is 0 Å². The van der Waals surface area contributed by atoms with E-state index in [0.29, 0.717) is 0 Å². The van der Waals surface area contributed by atoms with Gasteiger partial charge in [0.05, 0.1) is 5.56 Å². The average Bonchev–Trinajstić information content (AvgIpc) is 2.47. The van der Waals surface area contributed by atoms with Crippen LogP contribution in [0.5, 0.6) is 0 Å². The summed E-state index contributed by atoms with van der Waals surface area (Å²) < 4.78 is 38.9. The molecule has 0 heterocycles. The van der Waals surface area contributed by atoms with Crippen molar-refractivity contribution in [1.82, 2.24) is 0 Å². The number of nitrogens with one attached hydrogen (secondary N) is 1. The summed E-state index contributed by atoms with van der Waals surface area (Å²) >= 11 is 1.63. The summed E-state index contributed by atoms with van der Waals surface area (Å²) in [5.41, 5.74) is 0.411. The first kappa shape index (κ1) is 15.8. The number of thioether (sulfide) groups is 1. The summed E-state index contributed by atoms with van der Waals surface area (Å²) in [6, 6.07) is 13.1. The second-order valence-electron chi connectivity index (χ2n) is 4.68. The molecule has 1 unspecified atom stereocenters. The zero-order valence-electron chi connectivity index (χ0n) is 11.7. The van der Waals surface area contributed by atoms with Crippen molar-refractivity contribution in [2.24, 2.45) is 0 Å². The van der Waals surface area contributed by atoms with Crippen LogP contribution in [0.25, 0.3) is 0 Å². The Morgan fingerprint density at radius 3 is 2.19 bits per heavy atom. The third-order valence-corrected chi connectivity index (χ3v) is 3.96. The van der Waals surface area contributed by atoms with Gasteiger partial charge in [0.25, 0.3) is 0 Å². The quantitative estimate of drug-likeness (QED) is 0.738. The Labute approximate surface area is 126 Å². The topological polar surface area (TPSA) is 12.0 Å². The number of hydrogen-bond acceptors (Lipinski definition) is 2. The van der Waals surface area contributed by atoms with Gasteiger partial charge in [-0.1, -0.05) is 24.3 Å². The van der Waals surface area contributed by atoms with E-state index < -0.39 is 11.7 Å². The first-order chi connectivity index (χ1) is 9.91. The Morgan fingerprint density at radius 2 is 1.62 bits per heavy atom. The van der Waals surface area contributed by atoms with Gasteiger partial charge in [0.2, 0.25) is 0 Å². The van der Waals surface area contributed by atoms with E-state index in [1.807, 2.05) is 37.4 Å². The number of halogens is 3. The maximum absolute atomic E-state index is 13.0. The van der Waals surface area contributed by atoms with Gasteiger partial charge >= 0.3 is 6.18 Å². The fourth-order valence-corrected chi connectivity index (χ4v) is 2.47. The molecule has 0 bridgehead atoms. The number of rotatable bonds is 4. The molecule has 2 rings (SSSR count). The third-order valence-electron chi connectivity index (χ3n) is 3.22. The molecule has 1 atom stereocenters. The molecule has 21 heavy (non-hydrogen) atoms. The van der Waals surface area contributed by atoms with Gasteiger partial charge in [-0.25, -0.2) is 0 Å². The Balaban J connectivity index is 2.21. The molecule has 0 saturated carbocycles. The number of benzene rings is 2. The lowest BCUT2D eigenvalue weighted by molar-refractivity contribution is -0.137. The first-order valence-electron chi connectivity index (χ1n) is 6.48. The second kappa shape index (κ2) is 6.43. The monoisotopic (exact) mass is 311 g/mol. The van der Waals surface area contributed by atoms with Gasteiger partial charge < -0.3 is 5.32 Å². The summed E-state index contributed by atoms with van der Waals surface area (Å²) in [5.74, 6) is 0.